The number of hydrogen-bond donors (Lipinski definition) is 2. The van der Waals surface area contributed by atoms with E-state index in [1.807, 2.05) is 31.0 Å². The van der Waals surface area contributed by atoms with Crippen LogP contribution in [-0.4, -0.2) is 35.2 Å². The van der Waals surface area contributed by atoms with Crippen molar-refractivity contribution in [2.24, 2.45) is 0 Å². The third-order valence-corrected chi connectivity index (χ3v) is 4.29. The lowest BCUT2D eigenvalue weighted by atomic mass is 9.95. The summed E-state index contributed by atoms with van der Waals surface area (Å²) in [6.07, 6.45) is 6.76. The summed E-state index contributed by atoms with van der Waals surface area (Å²) >= 11 is 0. The number of carbonyl (C=O) groups excluding carboxylic acids is 1. The second-order valence-corrected chi connectivity index (χ2v) is 6.12. The van der Waals surface area contributed by atoms with Crippen molar-refractivity contribution in [2.75, 3.05) is 7.05 Å². The molecule has 4 heteroatoms. The zero-order valence-corrected chi connectivity index (χ0v) is 13.0. The highest BCUT2D eigenvalue weighted by Crippen LogP contribution is 2.21. The number of amides is 2. The summed E-state index contributed by atoms with van der Waals surface area (Å²) in [5.41, 5.74) is 1.11. The molecule has 1 aromatic carbocycles. The normalized spacial score (nSPS) is 17.2. The molecule has 1 atom stereocenters. The van der Waals surface area contributed by atoms with E-state index in [0.717, 1.165) is 24.8 Å². The van der Waals surface area contributed by atoms with Crippen LogP contribution in [0.4, 0.5) is 4.79 Å². The van der Waals surface area contributed by atoms with E-state index in [1.54, 1.807) is 12.1 Å². The number of hydrogen-bond acceptors (Lipinski definition) is 2. The van der Waals surface area contributed by atoms with Gasteiger partial charge in [-0.05, 0) is 43.9 Å². The van der Waals surface area contributed by atoms with Gasteiger partial charge >= 0.3 is 6.03 Å². The average Bonchev–Trinajstić information content (AvgIpc) is 2.49. The molecule has 0 radical (unpaired) electrons. The molecule has 0 bridgehead atoms. The van der Waals surface area contributed by atoms with Gasteiger partial charge in [-0.25, -0.2) is 4.79 Å². The van der Waals surface area contributed by atoms with E-state index in [1.165, 1.54) is 19.3 Å². The second kappa shape index (κ2) is 7.34. The standard InChI is InChI=1S/C17H26N2O2/c1-13(12-14-8-10-16(20)11-9-14)18-17(21)19(2)15-6-4-3-5-7-15/h8-11,13,15,20H,3-7,12H2,1-2H3,(H,18,21). The highest BCUT2D eigenvalue weighted by molar-refractivity contribution is 5.74. The number of rotatable bonds is 4. The Balaban J connectivity index is 1.82. The highest BCUT2D eigenvalue weighted by Gasteiger charge is 2.22. The lowest BCUT2D eigenvalue weighted by Gasteiger charge is -2.32. The van der Waals surface area contributed by atoms with Crippen LogP contribution in [0.2, 0.25) is 0 Å². The van der Waals surface area contributed by atoms with E-state index in [-0.39, 0.29) is 17.8 Å². The van der Waals surface area contributed by atoms with Gasteiger partial charge < -0.3 is 15.3 Å². The van der Waals surface area contributed by atoms with Crippen LogP contribution in [0.1, 0.15) is 44.6 Å². The van der Waals surface area contributed by atoms with E-state index in [0.29, 0.717) is 6.04 Å². The molecule has 2 rings (SSSR count). The number of carbonyl (C=O) groups is 1. The van der Waals surface area contributed by atoms with E-state index < -0.39 is 0 Å². The number of urea groups is 1. The van der Waals surface area contributed by atoms with Gasteiger partial charge in [0.15, 0.2) is 0 Å². The van der Waals surface area contributed by atoms with Crippen LogP contribution in [-0.2, 0) is 6.42 Å². The number of nitrogens with zero attached hydrogens (tertiary/aromatic N) is 1. The quantitative estimate of drug-likeness (QED) is 0.894. The molecule has 0 spiro atoms. The predicted octanol–water partition coefficient (Wildman–Crippen LogP) is 3.30. The highest BCUT2D eigenvalue weighted by atomic mass is 16.3. The largest absolute Gasteiger partial charge is 0.508 e. The van der Waals surface area contributed by atoms with E-state index in [4.69, 9.17) is 0 Å². The first kappa shape index (κ1) is 15.7. The Morgan fingerprint density at radius 3 is 2.52 bits per heavy atom. The SMILES string of the molecule is CC(Cc1ccc(O)cc1)NC(=O)N(C)C1CCCCC1. The maximum absolute atomic E-state index is 12.3. The summed E-state index contributed by atoms with van der Waals surface area (Å²) in [5.74, 6) is 0.271. The Kier molecular flexibility index (Phi) is 5.48. The molecule has 0 aliphatic heterocycles. The van der Waals surface area contributed by atoms with Crippen molar-refractivity contribution >= 4 is 6.03 Å². The van der Waals surface area contributed by atoms with Crippen molar-refractivity contribution in [3.05, 3.63) is 29.8 Å². The van der Waals surface area contributed by atoms with Crippen LogP contribution < -0.4 is 5.32 Å². The van der Waals surface area contributed by atoms with Crippen LogP contribution in [0, 0.1) is 0 Å². The summed E-state index contributed by atoms with van der Waals surface area (Å²) in [6, 6.07) is 7.63. The van der Waals surface area contributed by atoms with E-state index in [9.17, 15) is 9.90 Å². The van der Waals surface area contributed by atoms with Gasteiger partial charge in [-0.2, -0.15) is 0 Å². The molecule has 1 unspecified atom stereocenters. The first-order valence-corrected chi connectivity index (χ1v) is 7.87. The van der Waals surface area contributed by atoms with Gasteiger partial charge in [0.1, 0.15) is 5.75 Å². The van der Waals surface area contributed by atoms with Crippen molar-refractivity contribution in [1.29, 1.82) is 0 Å². The fourth-order valence-corrected chi connectivity index (χ4v) is 2.98. The molecular formula is C17H26N2O2. The molecule has 0 saturated heterocycles. The molecule has 0 aromatic heterocycles. The van der Waals surface area contributed by atoms with Crippen LogP contribution >= 0.6 is 0 Å². The molecule has 1 fully saturated rings. The van der Waals surface area contributed by atoms with Gasteiger partial charge in [0.2, 0.25) is 0 Å². The van der Waals surface area contributed by atoms with Gasteiger partial charge in [0, 0.05) is 19.1 Å². The molecular weight excluding hydrogens is 264 g/mol. The molecule has 4 nitrogen and oxygen atoms in total. The molecule has 2 amide bonds. The Morgan fingerprint density at radius 2 is 1.90 bits per heavy atom. The number of aromatic hydroxyl groups is 1. The Bertz CT molecular complexity index is 452. The molecule has 1 aliphatic carbocycles. The van der Waals surface area contributed by atoms with Crippen LogP contribution in [0.5, 0.6) is 5.75 Å². The summed E-state index contributed by atoms with van der Waals surface area (Å²) in [5, 5.41) is 12.3. The van der Waals surface area contributed by atoms with Crippen LogP contribution in [0.15, 0.2) is 24.3 Å². The monoisotopic (exact) mass is 290 g/mol. The first-order chi connectivity index (χ1) is 10.1. The summed E-state index contributed by atoms with van der Waals surface area (Å²) in [4.78, 5) is 14.1. The third kappa shape index (κ3) is 4.66. The fourth-order valence-electron chi connectivity index (χ4n) is 2.98. The van der Waals surface area contributed by atoms with Crippen molar-refractivity contribution < 1.29 is 9.90 Å². The van der Waals surface area contributed by atoms with Crippen molar-refractivity contribution in [2.45, 2.75) is 57.5 Å². The van der Waals surface area contributed by atoms with Gasteiger partial charge in [-0.3, -0.25) is 0 Å². The summed E-state index contributed by atoms with van der Waals surface area (Å²) < 4.78 is 0. The van der Waals surface area contributed by atoms with Gasteiger partial charge in [-0.15, -0.1) is 0 Å². The maximum atomic E-state index is 12.3. The maximum Gasteiger partial charge on any atom is 0.317 e. The lowest BCUT2D eigenvalue weighted by Crippen LogP contribution is -2.47. The predicted molar refractivity (Wildman–Crippen MR) is 84.4 cm³/mol. The van der Waals surface area contributed by atoms with Gasteiger partial charge in [-0.1, -0.05) is 31.4 Å². The molecule has 116 valence electrons. The minimum Gasteiger partial charge on any atom is -0.508 e. The average molecular weight is 290 g/mol. The molecule has 1 aliphatic rings. The summed E-state index contributed by atoms with van der Waals surface area (Å²) in [6.45, 7) is 2.01. The van der Waals surface area contributed by atoms with E-state index in [2.05, 4.69) is 5.32 Å². The Morgan fingerprint density at radius 1 is 1.29 bits per heavy atom. The van der Waals surface area contributed by atoms with Crippen LogP contribution in [0.25, 0.3) is 0 Å². The summed E-state index contributed by atoms with van der Waals surface area (Å²) in [7, 11) is 1.90. The van der Waals surface area contributed by atoms with E-state index >= 15 is 0 Å². The second-order valence-electron chi connectivity index (χ2n) is 6.12. The molecule has 1 aromatic rings. The number of benzene rings is 1. The molecule has 0 heterocycles. The molecule has 1 saturated carbocycles. The third-order valence-electron chi connectivity index (χ3n) is 4.29. The Hall–Kier alpha value is -1.71. The first-order valence-electron chi connectivity index (χ1n) is 7.87. The molecule has 2 N–H and O–H groups in total. The number of phenolic OH excluding ortho intramolecular Hbond substituents is 1. The zero-order valence-electron chi connectivity index (χ0n) is 13.0. The van der Waals surface area contributed by atoms with Crippen molar-refractivity contribution in [3.63, 3.8) is 0 Å². The molecule has 21 heavy (non-hydrogen) atoms. The number of nitrogens with one attached hydrogen (secondary N) is 1. The van der Waals surface area contributed by atoms with Gasteiger partial charge in [0.25, 0.3) is 0 Å². The Labute approximate surface area is 127 Å². The smallest absolute Gasteiger partial charge is 0.317 e. The lowest BCUT2D eigenvalue weighted by molar-refractivity contribution is 0.171. The van der Waals surface area contributed by atoms with Crippen molar-refractivity contribution in [3.8, 4) is 5.75 Å². The van der Waals surface area contributed by atoms with Gasteiger partial charge in [0.05, 0.1) is 0 Å². The van der Waals surface area contributed by atoms with Crippen molar-refractivity contribution in [1.82, 2.24) is 10.2 Å². The van der Waals surface area contributed by atoms with Crippen LogP contribution in [0.3, 0.4) is 0 Å². The minimum absolute atomic E-state index is 0.0215. The minimum atomic E-state index is 0.0215. The number of phenols is 1. The fraction of sp³-hybridized carbons (Fsp3) is 0.588. The zero-order chi connectivity index (χ0) is 15.2. The topological polar surface area (TPSA) is 52.6 Å².